The third kappa shape index (κ3) is 4.28. The van der Waals surface area contributed by atoms with Gasteiger partial charge in [0.1, 0.15) is 0 Å². The number of nitrogens with one attached hydrogen (secondary N) is 1. The predicted molar refractivity (Wildman–Crippen MR) is 120 cm³/mol. The molecule has 0 aromatic heterocycles. The van der Waals surface area contributed by atoms with E-state index in [0.29, 0.717) is 18.5 Å². The van der Waals surface area contributed by atoms with Gasteiger partial charge in [0, 0.05) is 24.2 Å². The van der Waals surface area contributed by atoms with Gasteiger partial charge in [-0.1, -0.05) is 67.6 Å². The molecule has 1 atom stereocenters. The van der Waals surface area contributed by atoms with E-state index in [9.17, 15) is 9.59 Å². The van der Waals surface area contributed by atoms with Gasteiger partial charge in [-0.15, -0.1) is 0 Å². The first kappa shape index (κ1) is 19.9. The summed E-state index contributed by atoms with van der Waals surface area (Å²) >= 11 is 0. The van der Waals surface area contributed by atoms with Crippen LogP contribution in [0.5, 0.6) is 0 Å². The van der Waals surface area contributed by atoms with Crippen LogP contribution in [0.4, 0.5) is 5.69 Å². The molecule has 1 unspecified atom stereocenters. The number of amides is 2. The van der Waals surface area contributed by atoms with Crippen LogP contribution in [-0.2, 0) is 17.6 Å². The first-order valence-electron chi connectivity index (χ1n) is 10.5. The van der Waals surface area contributed by atoms with E-state index in [1.54, 1.807) is 0 Å². The third-order valence-corrected chi connectivity index (χ3v) is 5.63. The predicted octanol–water partition coefficient (Wildman–Crippen LogP) is 4.70. The summed E-state index contributed by atoms with van der Waals surface area (Å²) in [7, 11) is 0. The number of rotatable bonds is 6. The molecule has 1 heterocycles. The molecule has 0 saturated carbocycles. The summed E-state index contributed by atoms with van der Waals surface area (Å²) in [4.78, 5) is 27.0. The number of carbonyl (C=O) groups excluding carboxylic acids is 2. The van der Waals surface area contributed by atoms with E-state index in [2.05, 4.69) is 17.4 Å². The summed E-state index contributed by atoms with van der Waals surface area (Å²) in [5.41, 5.74) is 4.88. The van der Waals surface area contributed by atoms with Crippen LogP contribution in [0.1, 0.15) is 46.4 Å². The average Bonchev–Trinajstić information content (AvgIpc) is 3.22. The maximum Gasteiger partial charge on any atom is 0.251 e. The number of hydrogen-bond donors (Lipinski definition) is 1. The van der Waals surface area contributed by atoms with E-state index in [1.165, 1.54) is 5.56 Å². The number of hydrogen-bond acceptors (Lipinski definition) is 2. The molecular formula is C26H26N2O2. The molecule has 0 radical (unpaired) electrons. The molecule has 0 bridgehead atoms. The van der Waals surface area contributed by atoms with E-state index >= 15 is 0 Å². The molecular weight excluding hydrogens is 372 g/mol. The van der Waals surface area contributed by atoms with Gasteiger partial charge in [0.05, 0.1) is 6.04 Å². The average molecular weight is 399 g/mol. The summed E-state index contributed by atoms with van der Waals surface area (Å²) in [6.07, 6.45) is 1.99. The van der Waals surface area contributed by atoms with Gasteiger partial charge in [0.15, 0.2) is 0 Å². The Balaban J connectivity index is 1.55. The monoisotopic (exact) mass is 398 g/mol. The lowest BCUT2D eigenvalue weighted by Gasteiger charge is -2.20. The normalized spacial score (nSPS) is 13.6. The summed E-state index contributed by atoms with van der Waals surface area (Å²) in [5.74, 6) is 0.0285. The molecule has 30 heavy (non-hydrogen) atoms. The van der Waals surface area contributed by atoms with Crippen molar-refractivity contribution in [2.24, 2.45) is 0 Å². The Hall–Kier alpha value is -3.40. The summed E-state index contributed by atoms with van der Waals surface area (Å²) in [5, 5.41) is 3.21. The molecule has 0 fully saturated rings. The number of nitrogens with zero attached hydrogens (tertiary/aromatic N) is 1. The SMILES string of the molecule is CCC(=O)N1CCc2cc(C(=O)NC(Cc3ccccc3)c3ccccc3)ccc21. The molecule has 0 saturated heterocycles. The minimum Gasteiger partial charge on any atom is -0.345 e. The third-order valence-electron chi connectivity index (χ3n) is 5.63. The molecule has 0 aliphatic carbocycles. The topological polar surface area (TPSA) is 49.4 Å². The Morgan fingerprint density at radius 3 is 2.37 bits per heavy atom. The summed E-state index contributed by atoms with van der Waals surface area (Å²) < 4.78 is 0. The van der Waals surface area contributed by atoms with Gasteiger partial charge in [0.25, 0.3) is 5.91 Å². The fraction of sp³-hybridized carbons (Fsp3) is 0.231. The lowest BCUT2D eigenvalue weighted by Crippen LogP contribution is -2.30. The molecule has 1 aliphatic rings. The molecule has 2 amide bonds. The number of carbonyl (C=O) groups is 2. The van der Waals surface area contributed by atoms with Crippen LogP contribution in [0.15, 0.2) is 78.9 Å². The molecule has 1 N–H and O–H groups in total. The molecule has 3 aromatic rings. The van der Waals surface area contributed by atoms with Crippen LogP contribution in [-0.4, -0.2) is 18.4 Å². The fourth-order valence-corrected chi connectivity index (χ4v) is 4.02. The summed E-state index contributed by atoms with van der Waals surface area (Å²) in [6, 6.07) is 25.8. The van der Waals surface area contributed by atoms with Crippen molar-refractivity contribution in [2.75, 3.05) is 11.4 Å². The molecule has 152 valence electrons. The van der Waals surface area contributed by atoms with Crippen molar-refractivity contribution in [1.82, 2.24) is 5.32 Å². The first-order chi connectivity index (χ1) is 14.7. The highest BCUT2D eigenvalue weighted by atomic mass is 16.2. The van der Waals surface area contributed by atoms with Crippen LogP contribution in [0.2, 0.25) is 0 Å². The van der Waals surface area contributed by atoms with Crippen molar-refractivity contribution < 1.29 is 9.59 Å². The van der Waals surface area contributed by atoms with Gasteiger partial charge >= 0.3 is 0 Å². The van der Waals surface area contributed by atoms with Crippen LogP contribution in [0.3, 0.4) is 0 Å². The number of fused-ring (bicyclic) bond motifs is 1. The molecule has 1 aliphatic heterocycles. The Morgan fingerprint density at radius 2 is 1.67 bits per heavy atom. The Bertz CT molecular complexity index is 1030. The van der Waals surface area contributed by atoms with Gasteiger partial charge in [-0.05, 0) is 47.7 Å². The molecule has 4 rings (SSSR count). The van der Waals surface area contributed by atoms with Crippen LogP contribution in [0.25, 0.3) is 0 Å². The second-order valence-corrected chi connectivity index (χ2v) is 7.62. The van der Waals surface area contributed by atoms with E-state index in [0.717, 1.165) is 29.7 Å². The van der Waals surface area contributed by atoms with Crippen molar-refractivity contribution in [1.29, 1.82) is 0 Å². The number of benzene rings is 3. The van der Waals surface area contributed by atoms with Gasteiger partial charge in [-0.2, -0.15) is 0 Å². The van der Waals surface area contributed by atoms with Crippen LogP contribution in [0, 0.1) is 0 Å². The second-order valence-electron chi connectivity index (χ2n) is 7.62. The first-order valence-corrected chi connectivity index (χ1v) is 10.5. The molecule has 3 aromatic carbocycles. The number of anilines is 1. The zero-order valence-corrected chi connectivity index (χ0v) is 17.2. The van der Waals surface area contributed by atoms with Gasteiger partial charge in [-0.3, -0.25) is 9.59 Å². The van der Waals surface area contributed by atoms with E-state index in [1.807, 2.05) is 78.6 Å². The standard InChI is InChI=1S/C26H26N2O2/c1-2-25(29)28-16-15-21-18-22(13-14-24(21)28)26(30)27-23(20-11-7-4-8-12-20)17-19-9-5-3-6-10-19/h3-14,18,23H,2,15-17H2,1H3,(H,27,30). The minimum atomic E-state index is -0.118. The quantitative estimate of drug-likeness (QED) is 0.654. The van der Waals surface area contributed by atoms with Crippen molar-refractivity contribution in [2.45, 2.75) is 32.2 Å². The smallest absolute Gasteiger partial charge is 0.251 e. The maximum absolute atomic E-state index is 13.1. The highest BCUT2D eigenvalue weighted by Gasteiger charge is 2.25. The van der Waals surface area contributed by atoms with Crippen molar-refractivity contribution in [3.8, 4) is 0 Å². The van der Waals surface area contributed by atoms with Gasteiger partial charge in [-0.25, -0.2) is 0 Å². The largest absolute Gasteiger partial charge is 0.345 e. The molecule has 4 nitrogen and oxygen atoms in total. The Morgan fingerprint density at radius 1 is 0.967 bits per heavy atom. The van der Waals surface area contributed by atoms with E-state index in [4.69, 9.17) is 0 Å². The fourth-order valence-electron chi connectivity index (χ4n) is 4.02. The highest BCUT2D eigenvalue weighted by molar-refractivity contribution is 5.98. The van der Waals surface area contributed by atoms with E-state index < -0.39 is 0 Å². The Kier molecular flexibility index (Phi) is 5.94. The van der Waals surface area contributed by atoms with Crippen molar-refractivity contribution in [3.63, 3.8) is 0 Å². The van der Waals surface area contributed by atoms with E-state index in [-0.39, 0.29) is 17.9 Å². The highest BCUT2D eigenvalue weighted by Crippen LogP contribution is 2.29. The van der Waals surface area contributed by atoms with Gasteiger partial charge in [0.2, 0.25) is 5.91 Å². The second kappa shape index (κ2) is 8.95. The summed E-state index contributed by atoms with van der Waals surface area (Å²) in [6.45, 7) is 2.56. The van der Waals surface area contributed by atoms with Gasteiger partial charge < -0.3 is 10.2 Å². The van der Waals surface area contributed by atoms with Crippen LogP contribution >= 0.6 is 0 Å². The minimum absolute atomic E-state index is 0.0946. The zero-order valence-electron chi connectivity index (χ0n) is 17.2. The molecule has 4 heteroatoms. The Labute approximate surface area is 177 Å². The zero-order chi connectivity index (χ0) is 20.9. The van der Waals surface area contributed by atoms with Crippen molar-refractivity contribution in [3.05, 3.63) is 101 Å². The van der Waals surface area contributed by atoms with Crippen LogP contribution < -0.4 is 10.2 Å². The molecule has 0 spiro atoms. The lowest BCUT2D eigenvalue weighted by atomic mass is 9.98. The lowest BCUT2D eigenvalue weighted by molar-refractivity contribution is -0.118. The van der Waals surface area contributed by atoms with Crippen molar-refractivity contribution >= 4 is 17.5 Å². The maximum atomic E-state index is 13.1.